The van der Waals surface area contributed by atoms with Gasteiger partial charge in [-0.2, -0.15) is 0 Å². The number of rotatable bonds is 6. The number of carbonyl (C=O) groups is 1. The zero-order valence-electron chi connectivity index (χ0n) is 14.3. The Kier molecular flexibility index (Phi) is 5.80. The quantitative estimate of drug-likeness (QED) is 0.829. The summed E-state index contributed by atoms with van der Waals surface area (Å²) in [6.45, 7) is 8.35. The number of hydrogen-bond acceptors (Lipinski definition) is 2. The average molecular weight is 311 g/mol. The molecule has 1 amide bonds. The Balaban J connectivity index is 2.00. The second-order valence-corrected chi connectivity index (χ2v) is 6.06. The fourth-order valence-corrected chi connectivity index (χ4v) is 2.61. The largest absolute Gasteiger partial charge is 0.484 e. The van der Waals surface area contributed by atoms with Gasteiger partial charge in [0, 0.05) is 5.69 Å². The van der Waals surface area contributed by atoms with Gasteiger partial charge >= 0.3 is 0 Å². The van der Waals surface area contributed by atoms with Crippen LogP contribution in [-0.2, 0) is 4.79 Å². The Labute approximate surface area is 138 Å². The summed E-state index contributed by atoms with van der Waals surface area (Å²) in [7, 11) is 0. The van der Waals surface area contributed by atoms with E-state index in [1.165, 1.54) is 0 Å². The predicted molar refractivity (Wildman–Crippen MR) is 95.2 cm³/mol. The number of aryl methyl sites for hydroxylation is 2. The molecular formula is C20H25NO2. The van der Waals surface area contributed by atoms with Crippen LogP contribution in [0.1, 0.15) is 42.9 Å². The van der Waals surface area contributed by atoms with E-state index in [-0.39, 0.29) is 12.5 Å². The van der Waals surface area contributed by atoms with Crippen molar-refractivity contribution in [1.82, 2.24) is 0 Å². The third-order valence-electron chi connectivity index (χ3n) is 3.94. The summed E-state index contributed by atoms with van der Waals surface area (Å²) >= 11 is 0. The smallest absolute Gasteiger partial charge is 0.262 e. The molecule has 0 saturated heterocycles. The lowest BCUT2D eigenvalue weighted by molar-refractivity contribution is -0.118. The van der Waals surface area contributed by atoms with Gasteiger partial charge in [-0.25, -0.2) is 0 Å². The summed E-state index contributed by atoms with van der Waals surface area (Å²) in [5, 5.41) is 2.96. The maximum Gasteiger partial charge on any atom is 0.262 e. The van der Waals surface area contributed by atoms with E-state index < -0.39 is 0 Å². The molecule has 0 aliphatic heterocycles. The van der Waals surface area contributed by atoms with Crippen molar-refractivity contribution in [2.45, 2.75) is 40.0 Å². The first-order valence-electron chi connectivity index (χ1n) is 8.09. The van der Waals surface area contributed by atoms with E-state index >= 15 is 0 Å². The molecule has 23 heavy (non-hydrogen) atoms. The topological polar surface area (TPSA) is 38.3 Å². The van der Waals surface area contributed by atoms with Crippen molar-refractivity contribution in [3.05, 3.63) is 59.2 Å². The van der Waals surface area contributed by atoms with Gasteiger partial charge in [-0.3, -0.25) is 4.79 Å². The zero-order chi connectivity index (χ0) is 16.8. The number of benzene rings is 2. The molecule has 0 aliphatic carbocycles. The highest BCUT2D eigenvalue weighted by atomic mass is 16.5. The van der Waals surface area contributed by atoms with Crippen LogP contribution in [0.2, 0.25) is 0 Å². The van der Waals surface area contributed by atoms with Crippen LogP contribution in [-0.4, -0.2) is 12.5 Å². The van der Waals surface area contributed by atoms with Gasteiger partial charge < -0.3 is 10.1 Å². The molecule has 1 unspecified atom stereocenters. The zero-order valence-corrected chi connectivity index (χ0v) is 14.3. The molecule has 3 nitrogen and oxygen atoms in total. The summed E-state index contributed by atoms with van der Waals surface area (Å²) in [5.74, 6) is 1.000. The molecule has 3 heteroatoms. The number of hydrogen-bond donors (Lipinski definition) is 1. The fourth-order valence-electron chi connectivity index (χ4n) is 2.61. The van der Waals surface area contributed by atoms with E-state index in [0.717, 1.165) is 34.5 Å². The number of anilines is 1. The first-order valence-corrected chi connectivity index (χ1v) is 8.09. The minimum atomic E-state index is -0.139. The normalized spacial score (nSPS) is 11.8. The van der Waals surface area contributed by atoms with E-state index in [4.69, 9.17) is 4.74 Å². The molecule has 0 aromatic heterocycles. The van der Waals surface area contributed by atoms with Crippen molar-refractivity contribution in [3.8, 4) is 5.75 Å². The van der Waals surface area contributed by atoms with Crippen LogP contribution in [0, 0.1) is 13.8 Å². The monoisotopic (exact) mass is 311 g/mol. The molecule has 1 N–H and O–H groups in total. The van der Waals surface area contributed by atoms with Crippen LogP contribution < -0.4 is 10.1 Å². The number of para-hydroxylation sites is 1. The van der Waals surface area contributed by atoms with Crippen molar-refractivity contribution < 1.29 is 9.53 Å². The van der Waals surface area contributed by atoms with Gasteiger partial charge in [0.2, 0.25) is 0 Å². The van der Waals surface area contributed by atoms with Crippen LogP contribution in [0.25, 0.3) is 0 Å². The van der Waals surface area contributed by atoms with Gasteiger partial charge in [0.05, 0.1) is 0 Å². The van der Waals surface area contributed by atoms with Crippen molar-refractivity contribution in [2.75, 3.05) is 11.9 Å². The lowest BCUT2D eigenvalue weighted by Crippen LogP contribution is -2.21. The Morgan fingerprint density at radius 3 is 2.43 bits per heavy atom. The van der Waals surface area contributed by atoms with Crippen molar-refractivity contribution in [2.24, 2.45) is 0 Å². The summed E-state index contributed by atoms with van der Waals surface area (Å²) in [6.07, 6.45) is 1.03. The van der Waals surface area contributed by atoms with Crippen molar-refractivity contribution in [3.63, 3.8) is 0 Å². The molecule has 0 spiro atoms. The highest BCUT2D eigenvalue weighted by Crippen LogP contribution is 2.26. The van der Waals surface area contributed by atoms with Gasteiger partial charge in [0.1, 0.15) is 5.75 Å². The van der Waals surface area contributed by atoms with E-state index in [1.807, 2.05) is 44.2 Å². The lowest BCUT2D eigenvalue weighted by atomic mass is 9.97. The summed E-state index contributed by atoms with van der Waals surface area (Å²) in [4.78, 5) is 12.2. The molecule has 0 heterocycles. The van der Waals surface area contributed by atoms with Gasteiger partial charge in [-0.15, -0.1) is 0 Å². The molecule has 2 aromatic carbocycles. The van der Waals surface area contributed by atoms with E-state index in [9.17, 15) is 4.79 Å². The maximum atomic E-state index is 12.2. The van der Waals surface area contributed by atoms with Gasteiger partial charge in [-0.1, -0.05) is 38.1 Å². The Morgan fingerprint density at radius 2 is 1.78 bits per heavy atom. The Hall–Kier alpha value is -2.29. The molecule has 0 aliphatic rings. The molecule has 0 saturated carbocycles. The first kappa shape index (κ1) is 17.1. The maximum absolute atomic E-state index is 12.2. The van der Waals surface area contributed by atoms with Crippen LogP contribution in [0.15, 0.2) is 42.5 Å². The van der Waals surface area contributed by atoms with E-state index in [0.29, 0.717) is 5.92 Å². The average Bonchev–Trinajstić information content (AvgIpc) is 2.52. The highest BCUT2D eigenvalue weighted by Gasteiger charge is 2.11. The van der Waals surface area contributed by atoms with Crippen LogP contribution >= 0.6 is 0 Å². The second-order valence-electron chi connectivity index (χ2n) is 6.06. The lowest BCUT2D eigenvalue weighted by Gasteiger charge is -2.16. The molecule has 0 bridgehead atoms. The minimum Gasteiger partial charge on any atom is -0.484 e. The third kappa shape index (κ3) is 4.85. The summed E-state index contributed by atoms with van der Waals surface area (Å²) in [6, 6.07) is 13.9. The van der Waals surface area contributed by atoms with Crippen LogP contribution in [0.5, 0.6) is 5.75 Å². The summed E-state index contributed by atoms with van der Waals surface area (Å²) in [5.41, 5.74) is 4.29. The molecule has 2 rings (SSSR count). The highest BCUT2D eigenvalue weighted by molar-refractivity contribution is 5.92. The van der Waals surface area contributed by atoms with Crippen molar-refractivity contribution in [1.29, 1.82) is 0 Å². The fraction of sp³-hybridized carbons (Fsp3) is 0.350. The minimum absolute atomic E-state index is 0.0116. The molecular weight excluding hydrogens is 286 g/mol. The van der Waals surface area contributed by atoms with Crippen LogP contribution in [0.3, 0.4) is 0 Å². The SMILES string of the molecule is CCC(C)c1ccccc1NC(=O)COc1cc(C)cc(C)c1. The number of ether oxygens (including phenoxy) is 1. The van der Waals surface area contributed by atoms with Gasteiger partial charge in [-0.05, 0) is 61.1 Å². The summed E-state index contributed by atoms with van der Waals surface area (Å²) < 4.78 is 5.62. The Morgan fingerprint density at radius 1 is 1.13 bits per heavy atom. The first-order chi connectivity index (χ1) is 11.0. The molecule has 0 fully saturated rings. The van der Waals surface area contributed by atoms with E-state index in [2.05, 4.69) is 31.3 Å². The van der Waals surface area contributed by atoms with Crippen molar-refractivity contribution >= 4 is 11.6 Å². The van der Waals surface area contributed by atoms with Crippen LogP contribution in [0.4, 0.5) is 5.69 Å². The molecule has 2 aromatic rings. The predicted octanol–water partition coefficient (Wildman–Crippen LogP) is 4.83. The van der Waals surface area contributed by atoms with E-state index in [1.54, 1.807) is 0 Å². The molecule has 1 atom stereocenters. The Bertz CT molecular complexity index is 659. The van der Waals surface area contributed by atoms with Gasteiger partial charge in [0.15, 0.2) is 6.61 Å². The number of carbonyl (C=O) groups excluding carboxylic acids is 1. The second kappa shape index (κ2) is 7.82. The molecule has 0 radical (unpaired) electrons. The number of nitrogens with one attached hydrogen (secondary N) is 1. The standard InChI is InChI=1S/C20H25NO2/c1-5-16(4)18-8-6-7-9-19(18)21-20(22)13-23-17-11-14(2)10-15(3)12-17/h6-12,16H,5,13H2,1-4H3,(H,21,22). The number of amides is 1. The van der Waals surface area contributed by atoms with Gasteiger partial charge in [0.25, 0.3) is 5.91 Å². The third-order valence-corrected chi connectivity index (χ3v) is 3.94. The molecule has 122 valence electrons.